The van der Waals surface area contributed by atoms with Crippen LogP contribution in [0.15, 0.2) is 79.3 Å². The molecule has 5 rings (SSSR count). The van der Waals surface area contributed by atoms with Gasteiger partial charge in [0.05, 0.1) is 18.4 Å². The predicted octanol–water partition coefficient (Wildman–Crippen LogP) is 6.13. The SMILES string of the molecule is C=C/C(=C/CC)Nc1cccc(C)c1.CN1CCN2c3ccc(Nc4ncc(CCF)cn4)cc3OC[C@H]2C1. The molecule has 0 radical (unpaired) electrons. The Kier molecular flexibility index (Phi) is 9.91. The van der Waals surface area contributed by atoms with Gasteiger partial charge in [0.15, 0.2) is 0 Å². The fraction of sp³-hybridized carbons (Fsp3) is 0.355. The Morgan fingerprint density at radius 3 is 2.69 bits per heavy atom. The van der Waals surface area contributed by atoms with Crippen LogP contribution in [0.4, 0.5) is 27.4 Å². The lowest BCUT2D eigenvalue weighted by Crippen LogP contribution is -2.56. The van der Waals surface area contributed by atoms with Gasteiger partial charge in [-0.25, -0.2) is 9.97 Å². The summed E-state index contributed by atoms with van der Waals surface area (Å²) in [5.74, 6) is 1.38. The van der Waals surface area contributed by atoms with Gasteiger partial charge >= 0.3 is 0 Å². The molecule has 0 saturated carbocycles. The van der Waals surface area contributed by atoms with Crippen molar-refractivity contribution in [2.45, 2.75) is 32.7 Å². The number of rotatable bonds is 8. The first kappa shape index (κ1) is 28.1. The van der Waals surface area contributed by atoms with Crippen LogP contribution in [0.1, 0.15) is 24.5 Å². The Labute approximate surface area is 231 Å². The number of hydrogen-bond acceptors (Lipinski definition) is 7. The zero-order chi connectivity index (χ0) is 27.6. The van der Waals surface area contributed by atoms with Crippen molar-refractivity contribution in [2.24, 2.45) is 0 Å². The Morgan fingerprint density at radius 2 is 1.97 bits per heavy atom. The first-order valence-corrected chi connectivity index (χ1v) is 13.5. The number of aromatic nitrogens is 2. The van der Waals surface area contributed by atoms with Crippen molar-refractivity contribution in [3.8, 4) is 5.75 Å². The molecule has 2 aromatic carbocycles. The smallest absolute Gasteiger partial charge is 0.227 e. The van der Waals surface area contributed by atoms with Crippen LogP contribution in [-0.2, 0) is 6.42 Å². The summed E-state index contributed by atoms with van der Waals surface area (Å²) in [5, 5.41) is 6.49. The summed E-state index contributed by atoms with van der Waals surface area (Å²) in [7, 11) is 2.15. The fourth-order valence-corrected chi connectivity index (χ4v) is 4.68. The van der Waals surface area contributed by atoms with E-state index < -0.39 is 6.67 Å². The quantitative estimate of drug-likeness (QED) is 0.340. The molecule has 3 heterocycles. The fourth-order valence-electron chi connectivity index (χ4n) is 4.68. The summed E-state index contributed by atoms with van der Waals surface area (Å²) in [6.07, 6.45) is 8.62. The molecular weight excluding hydrogens is 491 g/mol. The molecule has 206 valence electrons. The number of piperazine rings is 1. The second-order valence-corrected chi connectivity index (χ2v) is 9.85. The third kappa shape index (κ3) is 7.80. The van der Waals surface area contributed by atoms with Gasteiger partial charge in [-0.2, -0.15) is 0 Å². The van der Waals surface area contributed by atoms with Crippen LogP contribution in [-0.4, -0.2) is 60.9 Å². The van der Waals surface area contributed by atoms with E-state index in [2.05, 4.69) is 88.2 Å². The molecule has 8 heteroatoms. The summed E-state index contributed by atoms with van der Waals surface area (Å²) in [5.41, 5.74) is 6.26. The molecule has 3 aromatic rings. The van der Waals surface area contributed by atoms with E-state index >= 15 is 0 Å². The van der Waals surface area contributed by atoms with Crippen LogP contribution >= 0.6 is 0 Å². The van der Waals surface area contributed by atoms with Crippen molar-refractivity contribution in [1.29, 1.82) is 0 Å². The zero-order valence-corrected chi connectivity index (χ0v) is 23.2. The maximum Gasteiger partial charge on any atom is 0.227 e. The molecule has 39 heavy (non-hydrogen) atoms. The van der Waals surface area contributed by atoms with Gasteiger partial charge in [-0.3, -0.25) is 4.39 Å². The van der Waals surface area contributed by atoms with Gasteiger partial charge in [0, 0.05) is 61.6 Å². The molecular formula is C31H39FN6O. The van der Waals surface area contributed by atoms with Gasteiger partial charge in [-0.05, 0) is 61.9 Å². The summed E-state index contributed by atoms with van der Waals surface area (Å²) in [6, 6.07) is 14.8. The molecule has 2 N–H and O–H groups in total. The van der Waals surface area contributed by atoms with E-state index in [0.717, 1.165) is 60.1 Å². The Morgan fingerprint density at radius 1 is 1.15 bits per heavy atom. The van der Waals surface area contributed by atoms with E-state index in [1.54, 1.807) is 12.4 Å². The minimum absolute atomic E-state index is 0.346. The second-order valence-electron chi connectivity index (χ2n) is 9.85. The number of anilines is 4. The highest BCUT2D eigenvalue weighted by Crippen LogP contribution is 2.37. The number of nitrogens with one attached hydrogen (secondary N) is 2. The Hall–Kier alpha value is -3.91. The van der Waals surface area contributed by atoms with Crippen molar-refractivity contribution in [3.63, 3.8) is 0 Å². The summed E-state index contributed by atoms with van der Waals surface area (Å²) in [6.45, 7) is 11.4. The van der Waals surface area contributed by atoms with E-state index in [9.17, 15) is 4.39 Å². The van der Waals surface area contributed by atoms with Gasteiger partial charge in [-0.15, -0.1) is 0 Å². The van der Waals surface area contributed by atoms with Crippen molar-refractivity contribution < 1.29 is 9.13 Å². The lowest BCUT2D eigenvalue weighted by atomic mass is 10.1. The van der Waals surface area contributed by atoms with E-state index in [4.69, 9.17) is 4.74 Å². The van der Waals surface area contributed by atoms with Crippen LogP contribution in [0.25, 0.3) is 0 Å². The molecule has 2 aliphatic rings. The van der Waals surface area contributed by atoms with Crippen molar-refractivity contribution >= 4 is 23.0 Å². The standard InChI is InChI=1S/C18H22FN5O.C13H17N/c1-23-6-7-24-15(11-23)12-25-17-8-14(2-3-16(17)24)22-18-20-9-13(4-5-19)10-21-18;1-4-7-12(5-2)14-13-9-6-8-11(3)10-13/h2-3,8-10,15H,4-7,11-12H2,1H3,(H,20,21,22);5-10,14H,2,4H2,1,3H3/b;12-7-/t15-;/m1./s1. The van der Waals surface area contributed by atoms with Crippen molar-refractivity contribution in [3.05, 3.63) is 90.4 Å². The molecule has 7 nitrogen and oxygen atoms in total. The number of alkyl halides is 1. The first-order valence-electron chi connectivity index (χ1n) is 13.5. The van der Waals surface area contributed by atoms with Crippen LogP contribution in [0, 0.1) is 6.92 Å². The van der Waals surface area contributed by atoms with Gasteiger partial charge in [0.1, 0.15) is 12.4 Å². The minimum Gasteiger partial charge on any atom is -0.489 e. The van der Waals surface area contributed by atoms with E-state index in [0.29, 0.717) is 25.0 Å². The molecule has 0 bridgehead atoms. The molecule has 0 aliphatic carbocycles. The number of likely N-dealkylation sites (N-methyl/N-ethyl adjacent to an activating group) is 1. The summed E-state index contributed by atoms with van der Waals surface area (Å²) >= 11 is 0. The predicted molar refractivity (Wildman–Crippen MR) is 159 cm³/mol. The average Bonchev–Trinajstić information content (AvgIpc) is 2.94. The van der Waals surface area contributed by atoms with Gasteiger partial charge < -0.3 is 25.2 Å². The van der Waals surface area contributed by atoms with Crippen molar-refractivity contribution in [2.75, 3.05) is 55.5 Å². The Bertz CT molecular complexity index is 1260. The first-order chi connectivity index (χ1) is 19.0. The number of aryl methyl sites for hydroxylation is 2. The number of hydrogen-bond donors (Lipinski definition) is 2. The minimum atomic E-state index is -0.397. The molecule has 0 unspecified atom stereocenters. The van der Waals surface area contributed by atoms with E-state index in [1.807, 2.05) is 24.3 Å². The van der Waals surface area contributed by atoms with Gasteiger partial charge in [0.25, 0.3) is 0 Å². The third-order valence-corrected chi connectivity index (χ3v) is 6.68. The molecule has 1 fully saturated rings. The Balaban J connectivity index is 0.000000215. The largest absolute Gasteiger partial charge is 0.489 e. The topological polar surface area (TPSA) is 65.5 Å². The second kappa shape index (κ2) is 13.8. The molecule has 2 aliphatic heterocycles. The van der Waals surface area contributed by atoms with Crippen LogP contribution < -0.4 is 20.3 Å². The maximum absolute atomic E-state index is 12.3. The number of benzene rings is 2. The number of halogens is 1. The summed E-state index contributed by atoms with van der Waals surface area (Å²) < 4.78 is 18.3. The average molecular weight is 531 g/mol. The van der Waals surface area contributed by atoms with Crippen molar-refractivity contribution in [1.82, 2.24) is 14.9 Å². The number of allylic oxidation sites excluding steroid dienone is 2. The van der Waals surface area contributed by atoms with Crippen LogP contribution in [0.2, 0.25) is 0 Å². The lowest BCUT2D eigenvalue weighted by Gasteiger charge is -2.44. The molecule has 1 saturated heterocycles. The maximum atomic E-state index is 12.3. The third-order valence-electron chi connectivity index (χ3n) is 6.68. The van der Waals surface area contributed by atoms with E-state index in [1.165, 1.54) is 5.56 Å². The van der Waals surface area contributed by atoms with Gasteiger partial charge in [0.2, 0.25) is 5.95 Å². The monoisotopic (exact) mass is 530 g/mol. The normalized spacial score (nSPS) is 16.7. The van der Waals surface area contributed by atoms with E-state index in [-0.39, 0.29) is 0 Å². The lowest BCUT2D eigenvalue weighted by molar-refractivity contribution is 0.188. The number of ether oxygens (including phenoxy) is 1. The highest BCUT2D eigenvalue weighted by Gasteiger charge is 2.31. The highest BCUT2D eigenvalue weighted by molar-refractivity contribution is 5.68. The number of fused-ring (bicyclic) bond motifs is 3. The van der Waals surface area contributed by atoms with Crippen LogP contribution in [0.3, 0.4) is 0 Å². The number of nitrogens with zero attached hydrogens (tertiary/aromatic N) is 4. The highest BCUT2D eigenvalue weighted by atomic mass is 19.1. The molecule has 0 spiro atoms. The molecule has 1 aromatic heterocycles. The molecule has 0 amide bonds. The molecule has 1 atom stereocenters. The van der Waals surface area contributed by atoms with Crippen LogP contribution in [0.5, 0.6) is 5.75 Å². The summed E-state index contributed by atoms with van der Waals surface area (Å²) in [4.78, 5) is 13.2. The van der Waals surface area contributed by atoms with Gasteiger partial charge in [-0.1, -0.05) is 31.7 Å². The zero-order valence-electron chi connectivity index (χ0n) is 23.2.